The van der Waals surface area contributed by atoms with Crippen LogP contribution in [-0.2, 0) is 6.42 Å². The number of hydrogen-bond acceptors (Lipinski definition) is 1. The minimum atomic E-state index is -0.294. The fraction of sp³-hybridized carbons (Fsp3) is 0.250. The monoisotopic (exact) mass is 190 g/mol. The molecular weight excluding hydrogens is 183 g/mol. The molecule has 0 aliphatic rings. The highest BCUT2D eigenvalue weighted by molar-refractivity contribution is 7.80. The Morgan fingerprint density at radius 1 is 1.45 bits per heavy atom. The fourth-order valence-corrected chi connectivity index (χ4v) is 1.35. The third-order valence-corrected chi connectivity index (χ3v) is 1.97. The summed E-state index contributed by atoms with van der Waals surface area (Å²) in [4.78, 5) is 0. The van der Waals surface area contributed by atoms with Crippen LogP contribution >= 0.6 is 24.2 Å². The molecule has 1 rings (SSSR count). The molecule has 0 N–H and O–H groups in total. The van der Waals surface area contributed by atoms with Crippen molar-refractivity contribution < 1.29 is 4.39 Å². The number of aryl methyl sites for hydroxylation is 1. The van der Waals surface area contributed by atoms with E-state index in [2.05, 4.69) is 12.6 Å². The van der Waals surface area contributed by atoms with Crippen LogP contribution in [0.1, 0.15) is 5.56 Å². The summed E-state index contributed by atoms with van der Waals surface area (Å²) in [6, 6.07) is 4.42. The molecule has 0 atom stereocenters. The van der Waals surface area contributed by atoms with E-state index in [1.54, 1.807) is 6.07 Å². The topological polar surface area (TPSA) is 0 Å². The summed E-state index contributed by atoms with van der Waals surface area (Å²) in [5, 5.41) is 0.485. The van der Waals surface area contributed by atoms with Gasteiger partial charge in [0.1, 0.15) is 5.82 Å². The van der Waals surface area contributed by atoms with E-state index in [9.17, 15) is 4.39 Å². The standard InChI is InChI=1S/C8H8ClFS/c9-8-5-7(10)2-1-6(8)3-4-11/h1-2,5,11H,3-4H2. The second-order valence-corrected chi connectivity index (χ2v) is 3.06. The molecule has 0 saturated carbocycles. The minimum absolute atomic E-state index is 0.294. The zero-order valence-corrected chi connectivity index (χ0v) is 7.50. The number of hydrogen-bond donors (Lipinski definition) is 1. The maximum atomic E-state index is 12.5. The van der Waals surface area contributed by atoms with Crippen molar-refractivity contribution in [3.05, 3.63) is 34.6 Å². The summed E-state index contributed by atoms with van der Waals surface area (Å²) in [6.07, 6.45) is 0.780. The number of halogens is 2. The van der Waals surface area contributed by atoms with E-state index in [0.29, 0.717) is 5.02 Å². The van der Waals surface area contributed by atoms with Gasteiger partial charge in [0.05, 0.1) is 0 Å². The predicted molar refractivity (Wildman–Crippen MR) is 49.0 cm³/mol. The molecule has 60 valence electrons. The first-order valence-corrected chi connectivity index (χ1v) is 4.30. The lowest BCUT2D eigenvalue weighted by atomic mass is 10.2. The van der Waals surface area contributed by atoms with Gasteiger partial charge >= 0.3 is 0 Å². The quantitative estimate of drug-likeness (QED) is 0.682. The van der Waals surface area contributed by atoms with Crippen LogP contribution in [-0.4, -0.2) is 5.75 Å². The first-order valence-electron chi connectivity index (χ1n) is 3.29. The van der Waals surface area contributed by atoms with E-state index in [1.165, 1.54) is 12.1 Å². The molecule has 0 radical (unpaired) electrons. The van der Waals surface area contributed by atoms with E-state index >= 15 is 0 Å². The first kappa shape index (κ1) is 8.88. The lowest BCUT2D eigenvalue weighted by Crippen LogP contribution is -1.88. The molecule has 0 spiro atoms. The first-order chi connectivity index (χ1) is 5.24. The van der Waals surface area contributed by atoms with Crippen LogP contribution in [0, 0.1) is 5.82 Å². The van der Waals surface area contributed by atoms with Crippen molar-refractivity contribution in [2.75, 3.05) is 5.75 Å². The Morgan fingerprint density at radius 2 is 2.18 bits per heavy atom. The van der Waals surface area contributed by atoms with Gasteiger partial charge in [0, 0.05) is 5.02 Å². The normalized spacial score (nSPS) is 10.1. The zero-order chi connectivity index (χ0) is 8.27. The largest absolute Gasteiger partial charge is 0.207 e. The molecule has 3 heteroatoms. The number of benzene rings is 1. The molecule has 0 saturated heterocycles. The summed E-state index contributed by atoms with van der Waals surface area (Å²) < 4.78 is 12.5. The smallest absolute Gasteiger partial charge is 0.124 e. The molecule has 11 heavy (non-hydrogen) atoms. The van der Waals surface area contributed by atoms with Crippen LogP contribution in [0.3, 0.4) is 0 Å². The van der Waals surface area contributed by atoms with Crippen molar-refractivity contribution in [3.8, 4) is 0 Å². The van der Waals surface area contributed by atoms with Crippen LogP contribution in [0.25, 0.3) is 0 Å². The van der Waals surface area contributed by atoms with Gasteiger partial charge in [-0.1, -0.05) is 17.7 Å². The van der Waals surface area contributed by atoms with E-state index in [4.69, 9.17) is 11.6 Å². The van der Waals surface area contributed by atoms with Crippen LogP contribution in [0.5, 0.6) is 0 Å². The highest BCUT2D eigenvalue weighted by Crippen LogP contribution is 2.17. The van der Waals surface area contributed by atoms with Crippen LogP contribution in [0.15, 0.2) is 18.2 Å². The van der Waals surface area contributed by atoms with E-state index in [0.717, 1.165) is 17.7 Å². The van der Waals surface area contributed by atoms with Crippen molar-refractivity contribution >= 4 is 24.2 Å². The van der Waals surface area contributed by atoms with Gasteiger partial charge in [-0.2, -0.15) is 12.6 Å². The lowest BCUT2D eigenvalue weighted by molar-refractivity contribution is 0.627. The predicted octanol–water partition coefficient (Wildman–Crippen LogP) is 2.95. The number of rotatable bonds is 2. The highest BCUT2D eigenvalue weighted by Gasteiger charge is 1.99. The highest BCUT2D eigenvalue weighted by atomic mass is 35.5. The third-order valence-electron chi connectivity index (χ3n) is 1.40. The average Bonchev–Trinajstić information content (AvgIpc) is 1.95. The van der Waals surface area contributed by atoms with Gasteiger partial charge in [0.15, 0.2) is 0 Å². The second kappa shape index (κ2) is 3.98. The molecule has 0 aromatic heterocycles. The van der Waals surface area contributed by atoms with Gasteiger partial charge in [-0.25, -0.2) is 4.39 Å². The van der Waals surface area contributed by atoms with Gasteiger partial charge in [-0.05, 0) is 29.9 Å². The third kappa shape index (κ3) is 2.38. The van der Waals surface area contributed by atoms with E-state index in [-0.39, 0.29) is 5.82 Å². The molecular formula is C8H8ClFS. The molecule has 0 nitrogen and oxygen atoms in total. The van der Waals surface area contributed by atoms with Gasteiger partial charge in [0.25, 0.3) is 0 Å². The van der Waals surface area contributed by atoms with Crippen molar-refractivity contribution in [1.29, 1.82) is 0 Å². The fourth-order valence-electron chi connectivity index (χ4n) is 0.845. The van der Waals surface area contributed by atoms with E-state index < -0.39 is 0 Å². The maximum absolute atomic E-state index is 12.5. The number of thiol groups is 1. The second-order valence-electron chi connectivity index (χ2n) is 2.21. The van der Waals surface area contributed by atoms with Crippen molar-refractivity contribution in [2.24, 2.45) is 0 Å². The summed E-state index contributed by atoms with van der Waals surface area (Å²) in [6.45, 7) is 0. The Bertz CT molecular complexity index is 250. The molecule has 0 heterocycles. The Balaban J connectivity index is 2.90. The summed E-state index contributed by atoms with van der Waals surface area (Å²) in [5.74, 6) is 0.434. The lowest BCUT2D eigenvalue weighted by Gasteiger charge is -2.00. The van der Waals surface area contributed by atoms with Gasteiger partial charge in [-0.3, -0.25) is 0 Å². The molecule has 1 aromatic carbocycles. The SMILES string of the molecule is Fc1ccc(CCS)c(Cl)c1. The zero-order valence-electron chi connectivity index (χ0n) is 5.85. The summed E-state index contributed by atoms with van der Waals surface area (Å²) in [7, 11) is 0. The molecule has 0 unspecified atom stereocenters. The average molecular weight is 191 g/mol. The van der Waals surface area contributed by atoms with Crippen LogP contribution < -0.4 is 0 Å². The Morgan fingerprint density at radius 3 is 2.73 bits per heavy atom. The summed E-state index contributed by atoms with van der Waals surface area (Å²) in [5.41, 5.74) is 0.947. The molecule has 1 aromatic rings. The minimum Gasteiger partial charge on any atom is -0.207 e. The van der Waals surface area contributed by atoms with Crippen molar-refractivity contribution in [2.45, 2.75) is 6.42 Å². The Kier molecular flexibility index (Phi) is 3.21. The van der Waals surface area contributed by atoms with E-state index in [1.807, 2.05) is 0 Å². The molecule has 0 aliphatic carbocycles. The Labute approximate surface area is 75.8 Å². The van der Waals surface area contributed by atoms with Crippen molar-refractivity contribution in [3.63, 3.8) is 0 Å². The van der Waals surface area contributed by atoms with Gasteiger partial charge in [0.2, 0.25) is 0 Å². The van der Waals surface area contributed by atoms with Crippen LogP contribution in [0.4, 0.5) is 4.39 Å². The van der Waals surface area contributed by atoms with Gasteiger partial charge in [-0.15, -0.1) is 0 Å². The van der Waals surface area contributed by atoms with Crippen LogP contribution in [0.2, 0.25) is 5.02 Å². The molecule has 0 aliphatic heterocycles. The Hall–Kier alpha value is -0.210. The summed E-state index contributed by atoms with van der Waals surface area (Å²) >= 11 is 9.79. The van der Waals surface area contributed by atoms with Gasteiger partial charge < -0.3 is 0 Å². The molecule has 0 fully saturated rings. The molecule has 0 amide bonds. The molecule has 0 bridgehead atoms. The van der Waals surface area contributed by atoms with Crippen molar-refractivity contribution in [1.82, 2.24) is 0 Å². The maximum Gasteiger partial charge on any atom is 0.124 e.